The quantitative estimate of drug-likeness (QED) is 0.754. The van der Waals surface area contributed by atoms with Crippen LogP contribution in [0, 0.1) is 0 Å². The largest absolute Gasteiger partial charge is 0.368 e. The molecule has 0 bridgehead atoms. The number of nitrogens with two attached hydrogens (primary N) is 1. The molecule has 7 heteroatoms. The van der Waals surface area contributed by atoms with Crippen LogP contribution >= 0.6 is 11.3 Å². The van der Waals surface area contributed by atoms with E-state index >= 15 is 0 Å². The van der Waals surface area contributed by atoms with Crippen molar-refractivity contribution in [3.05, 3.63) is 47.4 Å². The Balaban J connectivity index is 1.70. The normalized spacial score (nSPS) is 12.2. The highest BCUT2D eigenvalue weighted by Gasteiger charge is 2.12. The fraction of sp³-hybridized carbons (Fsp3) is 0.200. The summed E-state index contributed by atoms with van der Waals surface area (Å²) in [5, 5.41) is 4.23. The number of carbonyl (C=O) groups excluding carboxylic acids is 1. The summed E-state index contributed by atoms with van der Waals surface area (Å²) in [4.78, 5) is 23.8. The second kappa shape index (κ2) is 6.07. The van der Waals surface area contributed by atoms with Gasteiger partial charge in [-0.15, -0.1) is 11.3 Å². The summed E-state index contributed by atoms with van der Waals surface area (Å²) < 4.78 is 1.18. The zero-order chi connectivity index (χ0) is 15.5. The number of thiazole rings is 1. The number of nitrogens with one attached hydrogen (secondary N) is 1. The average molecular weight is 313 g/mol. The Morgan fingerprint density at radius 2 is 2.14 bits per heavy atom. The van der Waals surface area contributed by atoms with Crippen LogP contribution in [-0.2, 0) is 0 Å². The molecule has 1 atom stereocenters. The van der Waals surface area contributed by atoms with Crippen LogP contribution in [0.1, 0.15) is 28.3 Å². The lowest BCUT2D eigenvalue weighted by Gasteiger charge is -2.10. The summed E-state index contributed by atoms with van der Waals surface area (Å²) in [6.45, 7) is 2.74. The van der Waals surface area contributed by atoms with Crippen molar-refractivity contribution in [3.63, 3.8) is 0 Å². The maximum Gasteiger partial charge on any atom is 0.268 e. The number of rotatable bonds is 5. The Labute approximate surface area is 131 Å². The second-order valence-corrected chi connectivity index (χ2v) is 6.02. The number of carbonyl (C=O) groups is 1. The molecule has 0 saturated carbocycles. The lowest BCUT2D eigenvalue weighted by atomic mass is 10.2. The van der Waals surface area contributed by atoms with Crippen molar-refractivity contribution < 1.29 is 4.79 Å². The van der Waals surface area contributed by atoms with Gasteiger partial charge in [0, 0.05) is 12.5 Å². The number of para-hydroxylation sites is 1. The van der Waals surface area contributed by atoms with Gasteiger partial charge in [-0.05, 0) is 12.1 Å². The highest BCUT2D eigenvalue weighted by Crippen LogP contribution is 2.27. The maximum atomic E-state index is 11.1. The van der Waals surface area contributed by atoms with Gasteiger partial charge in [0.15, 0.2) is 0 Å². The SMILES string of the molecule is CC(CNc1cncc(C(N)=O)n1)c1nc2ccccc2s1. The summed E-state index contributed by atoms with van der Waals surface area (Å²) in [6.07, 6.45) is 2.92. The number of anilines is 1. The van der Waals surface area contributed by atoms with Crippen molar-refractivity contribution in [1.29, 1.82) is 0 Å². The van der Waals surface area contributed by atoms with Gasteiger partial charge in [-0.25, -0.2) is 9.97 Å². The van der Waals surface area contributed by atoms with Crippen LogP contribution in [0.25, 0.3) is 10.2 Å². The van der Waals surface area contributed by atoms with Crippen LogP contribution in [0.2, 0.25) is 0 Å². The molecule has 6 nitrogen and oxygen atoms in total. The van der Waals surface area contributed by atoms with Gasteiger partial charge >= 0.3 is 0 Å². The van der Waals surface area contributed by atoms with E-state index in [1.54, 1.807) is 17.5 Å². The number of hydrogen-bond acceptors (Lipinski definition) is 6. The van der Waals surface area contributed by atoms with E-state index in [-0.39, 0.29) is 11.6 Å². The topological polar surface area (TPSA) is 93.8 Å². The van der Waals surface area contributed by atoms with E-state index in [4.69, 9.17) is 5.73 Å². The Hall–Kier alpha value is -2.54. The number of aromatic nitrogens is 3. The molecule has 0 aliphatic rings. The van der Waals surface area contributed by atoms with Gasteiger partial charge in [0.1, 0.15) is 11.5 Å². The summed E-state index contributed by atoms with van der Waals surface area (Å²) in [5.74, 6) is 0.163. The number of hydrogen-bond donors (Lipinski definition) is 2. The van der Waals surface area contributed by atoms with Gasteiger partial charge in [-0.1, -0.05) is 19.1 Å². The fourth-order valence-corrected chi connectivity index (χ4v) is 3.03. The summed E-state index contributed by atoms with van der Waals surface area (Å²) in [5.41, 5.74) is 6.36. The minimum atomic E-state index is -0.588. The summed E-state index contributed by atoms with van der Waals surface area (Å²) >= 11 is 1.69. The minimum absolute atomic E-state index is 0.151. The zero-order valence-corrected chi connectivity index (χ0v) is 12.8. The predicted molar refractivity (Wildman–Crippen MR) is 87.1 cm³/mol. The second-order valence-electron chi connectivity index (χ2n) is 4.96. The zero-order valence-electron chi connectivity index (χ0n) is 12.0. The van der Waals surface area contributed by atoms with Gasteiger partial charge < -0.3 is 11.1 Å². The van der Waals surface area contributed by atoms with Crippen LogP contribution in [0.4, 0.5) is 5.82 Å². The lowest BCUT2D eigenvalue weighted by Crippen LogP contribution is -2.16. The van der Waals surface area contributed by atoms with E-state index in [1.165, 1.54) is 10.9 Å². The van der Waals surface area contributed by atoms with E-state index in [0.717, 1.165) is 10.5 Å². The van der Waals surface area contributed by atoms with Crippen molar-refractivity contribution >= 4 is 33.3 Å². The van der Waals surface area contributed by atoms with Gasteiger partial charge in [0.2, 0.25) is 0 Å². The molecule has 0 spiro atoms. The van der Waals surface area contributed by atoms with Crippen molar-refractivity contribution in [2.45, 2.75) is 12.8 Å². The highest BCUT2D eigenvalue weighted by atomic mass is 32.1. The summed E-state index contributed by atoms with van der Waals surface area (Å²) in [6, 6.07) is 8.08. The molecule has 3 N–H and O–H groups in total. The third kappa shape index (κ3) is 3.04. The van der Waals surface area contributed by atoms with Crippen molar-refractivity contribution in [2.24, 2.45) is 5.73 Å². The molecule has 1 unspecified atom stereocenters. The van der Waals surface area contributed by atoms with Crippen LogP contribution < -0.4 is 11.1 Å². The first-order valence-corrected chi connectivity index (χ1v) is 7.66. The third-order valence-corrected chi connectivity index (χ3v) is 4.48. The Bertz CT molecular complexity index is 783. The molecule has 2 aromatic heterocycles. The lowest BCUT2D eigenvalue weighted by molar-refractivity contribution is 0.0995. The third-order valence-electron chi connectivity index (χ3n) is 3.21. The molecule has 0 radical (unpaired) electrons. The van der Waals surface area contributed by atoms with Crippen molar-refractivity contribution in [3.8, 4) is 0 Å². The molecular weight excluding hydrogens is 298 g/mol. The number of amides is 1. The van der Waals surface area contributed by atoms with Crippen LogP contribution in [0.5, 0.6) is 0 Å². The van der Waals surface area contributed by atoms with Gasteiger partial charge in [0.25, 0.3) is 5.91 Å². The Morgan fingerprint density at radius 1 is 1.32 bits per heavy atom. The van der Waals surface area contributed by atoms with E-state index in [9.17, 15) is 4.79 Å². The van der Waals surface area contributed by atoms with Gasteiger partial charge in [-0.2, -0.15) is 0 Å². The summed E-state index contributed by atoms with van der Waals surface area (Å²) in [7, 11) is 0. The Kier molecular flexibility index (Phi) is 3.97. The van der Waals surface area contributed by atoms with Crippen LogP contribution in [-0.4, -0.2) is 27.4 Å². The highest BCUT2D eigenvalue weighted by molar-refractivity contribution is 7.18. The molecule has 0 fully saturated rings. The molecule has 112 valence electrons. The fourth-order valence-electron chi connectivity index (χ4n) is 2.02. The van der Waals surface area contributed by atoms with E-state index in [2.05, 4.69) is 33.3 Å². The van der Waals surface area contributed by atoms with Crippen molar-refractivity contribution in [2.75, 3.05) is 11.9 Å². The monoisotopic (exact) mass is 313 g/mol. The molecule has 2 heterocycles. The molecule has 1 aromatic carbocycles. The van der Waals surface area contributed by atoms with E-state index < -0.39 is 5.91 Å². The molecule has 3 rings (SSSR count). The maximum absolute atomic E-state index is 11.1. The number of fused-ring (bicyclic) bond motifs is 1. The van der Waals surface area contributed by atoms with E-state index in [1.807, 2.05) is 18.2 Å². The average Bonchev–Trinajstić information content (AvgIpc) is 2.97. The molecule has 0 saturated heterocycles. The smallest absolute Gasteiger partial charge is 0.268 e. The molecular formula is C15H15N5OS. The van der Waals surface area contributed by atoms with Gasteiger partial charge in [-0.3, -0.25) is 9.78 Å². The number of primary amides is 1. The number of benzene rings is 1. The first-order valence-electron chi connectivity index (χ1n) is 6.84. The minimum Gasteiger partial charge on any atom is -0.368 e. The molecule has 3 aromatic rings. The molecule has 0 aliphatic carbocycles. The number of nitrogens with zero attached hydrogens (tertiary/aromatic N) is 3. The van der Waals surface area contributed by atoms with E-state index in [0.29, 0.717) is 12.4 Å². The molecule has 22 heavy (non-hydrogen) atoms. The Morgan fingerprint density at radius 3 is 2.91 bits per heavy atom. The standard InChI is InChI=1S/C15H15N5OS/c1-9(15-20-10-4-2-3-5-12(10)22-15)6-18-13-8-17-7-11(19-13)14(16)21/h2-5,7-9H,6H2,1H3,(H2,16,21)(H,18,19). The van der Waals surface area contributed by atoms with Gasteiger partial charge in [0.05, 0.1) is 27.6 Å². The molecule has 1 amide bonds. The molecule has 0 aliphatic heterocycles. The van der Waals surface area contributed by atoms with Crippen LogP contribution in [0.3, 0.4) is 0 Å². The van der Waals surface area contributed by atoms with Crippen molar-refractivity contribution in [1.82, 2.24) is 15.0 Å². The predicted octanol–water partition coefficient (Wildman–Crippen LogP) is 2.40. The first kappa shape index (κ1) is 14.4. The van der Waals surface area contributed by atoms with Crippen LogP contribution in [0.15, 0.2) is 36.7 Å². The first-order chi connectivity index (χ1) is 10.6.